The lowest BCUT2D eigenvalue weighted by atomic mass is 10.1. The molecule has 0 bridgehead atoms. The fraction of sp³-hybridized carbons (Fsp3) is 0.222. The number of benzene rings is 1. The highest BCUT2D eigenvalue weighted by Gasteiger charge is 2.08. The van der Waals surface area contributed by atoms with Crippen LogP contribution in [-0.2, 0) is 0 Å². The first-order valence-electron chi connectivity index (χ1n) is 3.45. The molecular formula is C9H7BrClN. The molecular weight excluding hydrogens is 237 g/mol. The van der Waals surface area contributed by atoms with E-state index in [1.54, 1.807) is 0 Å². The Balaban J connectivity index is 3.11. The molecule has 0 saturated heterocycles. The predicted octanol–water partition coefficient (Wildman–Crippen LogP) is 3.56. The standard InChI is InChI=1S/C9H7BrClN/c1-6-4-7(10)2-3-8(6)9(11)5-12/h2-4,9H,1H3. The summed E-state index contributed by atoms with van der Waals surface area (Å²) < 4.78 is 1.01. The van der Waals surface area contributed by atoms with Gasteiger partial charge >= 0.3 is 0 Å². The molecule has 1 atom stereocenters. The van der Waals surface area contributed by atoms with E-state index >= 15 is 0 Å². The molecule has 1 rings (SSSR count). The summed E-state index contributed by atoms with van der Waals surface area (Å²) in [5.74, 6) is 0. The van der Waals surface area contributed by atoms with Crippen molar-refractivity contribution in [2.75, 3.05) is 0 Å². The Morgan fingerprint density at radius 2 is 2.25 bits per heavy atom. The third-order valence-corrected chi connectivity index (χ3v) is 2.44. The van der Waals surface area contributed by atoms with Gasteiger partial charge in [-0.3, -0.25) is 0 Å². The summed E-state index contributed by atoms with van der Waals surface area (Å²) in [4.78, 5) is 0. The van der Waals surface area contributed by atoms with Gasteiger partial charge in [0.2, 0.25) is 0 Å². The molecule has 0 N–H and O–H groups in total. The van der Waals surface area contributed by atoms with Crippen molar-refractivity contribution >= 4 is 27.5 Å². The molecule has 1 aromatic rings. The van der Waals surface area contributed by atoms with E-state index in [1.807, 2.05) is 31.2 Å². The van der Waals surface area contributed by atoms with Crippen LogP contribution in [0.5, 0.6) is 0 Å². The second kappa shape index (κ2) is 3.93. The highest BCUT2D eigenvalue weighted by molar-refractivity contribution is 9.10. The number of nitrogens with zero attached hydrogens (tertiary/aromatic N) is 1. The summed E-state index contributed by atoms with van der Waals surface area (Å²) in [5.41, 5.74) is 1.91. The van der Waals surface area contributed by atoms with E-state index < -0.39 is 5.38 Å². The van der Waals surface area contributed by atoms with Crippen molar-refractivity contribution in [1.29, 1.82) is 5.26 Å². The summed E-state index contributed by atoms with van der Waals surface area (Å²) in [6, 6.07) is 7.68. The van der Waals surface area contributed by atoms with Gasteiger partial charge in [0.1, 0.15) is 5.38 Å². The first kappa shape index (κ1) is 9.57. The van der Waals surface area contributed by atoms with Crippen LogP contribution < -0.4 is 0 Å². The molecule has 0 fully saturated rings. The first-order chi connectivity index (χ1) is 5.65. The fourth-order valence-corrected chi connectivity index (χ4v) is 1.71. The third kappa shape index (κ3) is 2.00. The Morgan fingerprint density at radius 1 is 1.58 bits per heavy atom. The number of aryl methyl sites for hydroxylation is 1. The van der Waals surface area contributed by atoms with Gasteiger partial charge < -0.3 is 0 Å². The molecule has 0 heterocycles. The van der Waals surface area contributed by atoms with Crippen LogP contribution in [0.1, 0.15) is 16.5 Å². The van der Waals surface area contributed by atoms with Gasteiger partial charge in [0.05, 0.1) is 6.07 Å². The zero-order chi connectivity index (χ0) is 9.14. The van der Waals surface area contributed by atoms with Crippen LogP contribution in [-0.4, -0.2) is 0 Å². The summed E-state index contributed by atoms with van der Waals surface area (Å²) in [6.45, 7) is 1.94. The Hall–Kier alpha value is -0.520. The molecule has 1 nitrogen and oxygen atoms in total. The molecule has 0 radical (unpaired) electrons. The number of alkyl halides is 1. The van der Waals surface area contributed by atoms with Gasteiger partial charge in [0.25, 0.3) is 0 Å². The van der Waals surface area contributed by atoms with Crippen LogP contribution in [0.3, 0.4) is 0 Å². The van der Waals surface area contributed by atoms with E-state index in [1.165, 1.54) is 0 Å². The molecule has 0 aromatic heterocycles. The average molecular weight is 245 g/mol. The molecule has 0 amide bonds. The van der Waals surface area contributed by atoms with Crippen LogP contribution in [0.2, 0.25) is 0 Å². The number of nitriles is 1. The quantitative estimate of drug-likeness (QED) is 0.693. The minimum atomic E-state index is -0.543. The summed E-state index contributed by atoms with van der Waals surface area (Å²) in [7, 11) is 0. The Bertz CT molecular complexity index is 330. The summed E-state index contributed by atoms with van der Waals surface area (Å²) >= 11 is 9.11. The predicted molar refractivity (Wildman–Crippen MR) is 53.1 cm³/mol. The number of rotatable bonds is 1. The molecule has 0 aliphatic heterocycles. The van der Waals surface area contributed by atoms with Crippen molar-refractivity contribution in [2.24, 2.45) is 0 Å². The highest BCUT2D eigenvalue weighted by Crippen LogP contribution is 2.25. The number of halogens is 2. The van der Waals surface area contributed by atoms with Crippen LogP contribution >= 0.6 is 27.5 Å². The van der Waals surface area contributed by atoms with Crippen LogP contribution in [0.15, 0.2) is 22.7 Å². The second-order valence-corrected chi connectivity index (χ2v) is 3.84. The minimum Gasteiger partial charge on any atom is -0.196 e. The first-order valence-corrected chi connectivity index (χ1v) is 4.68. The van der Waals surface area contributed by atoms with Gasteiger partial charge in [0.15, 0.2) is 0 Å². The van der Waals surface area contributed by atoms with Gasteiger partial charge in [-0.15, -0.1) is 11.6 Å². The molecule has 1 unspecified atom stereocenters. The molecule has 0 aliphatic carbocycles. The maximum atomic E-state index is 8.59. The lowest BCUT2D eigenvalue weighted by Gasteiger charge is -2.05. The smallest absolute Gasteiger partial charge is 0.145 e. The highest BCUT2D eigenvalue weighted by atomic mass is 79.9. The molecule has 12 heavy (non-hydrogen) atoms. The SMILES string of the molecule is Cc1cc(Br)ccc1C(Cl)C#N. The minimum absolute atomic E-state index is 0.543. The van der Waals surface area contributed by atoms with Crippen molar-refractivity contribution in [3.05, 3.63) is 33.8 Å². The Morgan fingerprint density at radius 3 is 2.75 bits per heavy atom. The van der Waals surface area contributed by atoms with Gasteiger partial charge in [0, 0.05) is 4.47 Å². The third-order valence-electron chi connectivity index (χ3n) is 1.62. The molecule has 0 aliphatic rings. The van der Waals surface area contributed by atoms with Gasteiger partial charge in [-0.25, -0.2) is 0 Å². The molecule has 3 heteroatoms. The lowest BCUT2D eigenvalue weighted by Crippen LogP contribution is -1.90. The van der Waals surface area contributed by atoms with Crippen LogP contribution in [0.4, 0.5) is 0 Å². The zero-order valence-corrected chi connectivity index (χ0v) is 8.85. The number of hydrogen-bond acceptors (Lipinski definition) is 1. The largest absolute Gasteiger partial charge is 0.196 e. The summed E-state index contributed by atoms with van der Waals surface area (Å²) in [5, 5.41) is 8.04. The van der Waals surface area contributed by atoms with E-state index in [-0.39, 0.29) is 0 Å². The van der Waals surface area contributed by atoms with Crippen molar-refractivity contribution in [3.63, 3.8) is 0 Å². The normalized spacial score (nSPS) is 12.2. The van der Waals surface area contributed by atoms with Crippen molar-refractivity contribution in [1.82, 2.24) is 0 Å². The maximum Gasteiger partial charge on any atom is 0.145 e. The summed E-state index contributed by atoms with van der Waals surface area (Å²) in [6.07, 6.45) is 0. The van der Waals surface area contributed by atoms with Gasteiger partial charge in [-0.2, -0.15) is 5.26 Å². The van der Waals surface area contributed by atoms with E-state index in [9.17, 15) is 0 Å². The van der Waals surface area contributed by atoms with Crippen LogP contribution in [0, 0.1) is 18.3 Å². The van der Waals surface area contributed by atoms with E-state index in [4.69, 9.17) is 16.9 Å². The molecule has 62 valence electrons. The second-order valence-electron chi connectivity index (χ2n) is 2.49. The molecule has 1 aromatic carbocycles. The number of hydrogen-bond donors (Lipinski definition) is 0. The van der Waals surface area contributed by atoms with Crippen molar-refractivity contribution in [2.45, 2.75) is 12.3 Å². The monoisotopic (exact) mass is 243 g/mol. The van der Waals surface area contributed by atoms with E-state index in [2.05, 4.69) is 15.9 Å². The van der Waals surface area contributed by atoms with E-state index in [0.29, 0.717) is 0 Å². The molecule has 0 saturated carbocycles. The Labute approximate surface area is 85.1 Å². The van der Waals surface area contributed by atoms with E-state index in [0.717, 1.165) is 15.6 Å². The van der Waals surface area contributed by atoms with Crippen molar-refractivity contribution < 1.29 is 0 Å². The van der Waals surface area contributed by atoms with Crippen LogP contribution in [0.25, 0.3) is 0 Å². The average Bonchev–Trinajstić information content (AvgIpc) is 2.03. The van der Waals surface area contributed by atoms with Gasteiger partial charge in [-0.05, 0) is 30.2 Å². The maximum absolute atomic E-state index is 8.59. The topological polar surface area (TPSA) is 23.8 Å². The van der Waals surface area contributed by atoms with Crippen molar-refractivity contribution in [3.8, 4) is 6.07 Å². The lowest BCUT2D eigenvalue weighted by molar-refractivity contribution is 1.17. The molecule has 0 spiro atoms. The Kier molecular flexibility index (Phi) is 3.13. The zero-order valence-electron chi connectivity index (χ0n) is 6.51. The van der Waals surface area contributed by atoms with Gasteiger partial charge in [-0.1, -0.05) is 22.0 Å². The fourth-order valence-electron chi connectivity index (χ4n) is 0.993.